The maximum absolute atomic E-state index is 12.1. The Balaban J connectivity index is 1.45. The van der Waals surface area contributed by atoms with Crippen molar-refractivity contribution < 1.29 is 9.53 Å². The maximum Gasteiger partial charge on any atom is 0.259 e. The lowest BCUT2D eigenvalue weighted by Gasteiger charge is -2.31. The zero-order chi connectivity index (χ0) is 21.3. The van der Waals surface area contributed by atoms with Crippen molar-refractivity contribution in [2.75, 3.05) is 38.2 Å². The van der Waals surface area contributed by atoms with Crippen molar-refractivity contribution in [3.8, 4) is 0 Å². The van der Waals surface area contributed by atoms with Crippen molar-refractivity contribution >= 4 is 23.9 Å². The van der Waals surface area contributed by atoms with Gasteiger partial charge in [0.25, 0.3) is 5.91 Å². The lowest BCUT2D eigenvalue weighted by Crippen LogP contribution is -2.36. The lowest BCUT2D eigenvalue weighted by atomic mass is 10.1. The van der Waals surface area contributed by atoms with Gasteiger partial charge in [0.05, 0.1) is 26.0 Å². The minimum Gasteiger partial charge on any atom is -0.378 e. The Morgan fingerprint density at radius 2 is 1.71 bits per heavy atom. The topological polar surface area (TPSA) is 66.0 Å². The van der Waals surface area contributed by atoms with Crippen LogP contribution in [0.1, 0.15) is 18.4 Å². The van der Waals surface area contributed by atoms with Gasteiger partial charge in [-0.2, -0.15) is 5.10 Å². The second-order valence-electron chi connectivity index (χ2n) is 7.57. The summed E-state index contributed by atoms with van der Waals surface area (Å²) in [6.45, 7) is 3.37. The fraction of sp³-hybridized carbons (Fsp3) is 0.280. The molecule has 0 unspecified atom stereocenters. The molecule has 31 heavy (non-hydrogen) atoms. The average molecular weight is 417 g/mol. The number of anilines is 1. The Bertz CT molecular complexity index is 962. The molecule has 2 aromatic carbocycles. The summed E-state index contributed by atoms with van der Waals surface area (Å²) >= 11 is 0. The van der Waals surface area contributed by atoms with E-state index in [1.54, 1.807) is 6.21 Å². The summed E-state index contributed by atoms with van der Waals surface area (Å²) in [5.74, 6) is -0.174. The fourth-order valence-electron chi connectivity index (χ4n) is 3.88. The highest BCUT2D eigenvalue weighted by Crippen LogP contribution is 2.34. The lowest BCUT2D eigenvalue weighted by molar-refractivity contribution is -0.119. The van der Waals surface area contributed by atoms with Crippen molar-refractivity contribution in [2.45, 2.75) is 12.8 Å². The Kier molecular flexibility index (Phi) is 7.13. The maximum atomic E-state index is 12.1. The van der Waals surface area contributed by atoms with Crippen molar-refractivity contribution in [1.82, 2.24) is 10.3 Å². The monoisotopic (exact) mass is 416 g/mol. The van der Waals surface area contributed by atoms with Crippen molar-refractivity contribution in [3.05, 3.63) is 83.1 Å². The van der Waals surface area contributed by atoms with Gasteiger partial charge in [-0.05, 0) is 47.8 Å². The summed E-state index contributed by atoms with van der Waals surface area (Å²) in [4.78, 5) is 14.5. The number of carbonyl (C=O) groups excluding carboxylic acids is 1. The van der Waals surface area contributed by atoms with Crippen LogP contribution in [0.5, 0.6) is 0 Å². The number of morpholine rings is 1. The minimum absolute atomic E-state index is 0.174. The van der Waals surface area contributed by atoms with E-state index in [9.17, 15) is 4.79 Å². The summed E-state index contributed by atoms with van der Waals surface area (Å²) in [5.41, 5.74) is 8.44. The van der Waals surface area contributed by atoms with Gasteiger partial charge in [0.15, 0.2) is 0 Å². The molecule has 2 aliphatic rings. The third-order valence-electron chi connectivity index (χ3n) is 5.38. The van der Waals surface area contributed by atoms with Gasteiger partial charge in [-0.3, -0.25) is 4.79 Å². The Morgan fingerprint density at radius 1 is 1.00 bits per heavy atom. The van der Waals surface area contributed by atoms with Gasteiger partial charge in [0.2, 0.25) is 0 Å². The normalized spacial score (nSPS) is 18.1. The van der Waals surface area contributed by atoms with E-state index in [4.69, 9.17) is 4.74 Å². The Morgan fingerprint density at radius 3 is 2.45 bits per heavy atom. The van der Waals surface area contributed by atoms with Crippen LogP contribution in [0.2, 0.25) is 0 Å². The first-order valence-corrected chi connectivity index (χ1v) is 10.7. The first kappa shape index (κ1) is 20.9. The predicted octanol–water partition coefficient (Wildman–Crippen LogP) is 3.66. The first-order valence-electron chi connectivity index (χ1n) is 10.7. The highest BCUT2D eigenvalue weighted by Gasteiger charge is 2.25. The van der Waals surface area contributed by atoms with E-state index in [2.05, 4.69) is 51.1 Å². The van der Waals surface area contributed by atoms with Crippen LogP contribution in [-0.2, 0) is 9.53 Å². The van der Waals surface area contributed by atoms with Crippen LogP contribution in [0.4, 0.5) is 5.69 Å². The van der Waals surface area contributed by atoms with Crippen LogP contribution in [0, 0.1) is 0 Å². The van der Waals surface area contributed by atoms with E-state index < -0.39 is 0 Å². The second-order valence-corrected chi connectivity index (χ2v) is 7.57. The molecule has 0 atom stereocenters. The molecule has 2 N–H and O–H groups in total. The Hall–Kier alpha value is -3.38. The fourth-order valence-corrected chi connectivity index (χ4v) is 3.88. The van der Waals surface area contributed by atoms with Crippen molar-refractivity contribution in [1.29, 1.82) is 0 Å². The number of amides is 1. The third-order valence-corrected chi connectivity index (χ3v) is 5.38. The number of hydrazone groups is 1. The molecule has 0 spiro atoms. The van der Waals surface area contributed by atoms with E-state index in [-0.39, 0.29) is 12.5 Å². The van der Waals surface area contributed by atoms with E-state index >= 15 is 0 Å². The van der Waals surface area contributed by atoms with Crippen LogP contribution >= 0.6 is 0 Å². The number of nitrogens with zero attached hydrogens (tertiary/aromatic N) is 2. The molecule has 1 aliphatic carbocycles. The average Bonchev–Trinajstić information content (AvgIpc) is 3.22. The molecule has 1 aliphatic heterocycles. The van der Waals surface area contributed by atoms with Crippen LogP contribution in [0.15, 0.2) is 82.6 Å². The zero-order valence-electron chi connectivity index (χ0n) is 17.6. The predicted molar refractivity (Wildman–Crippen MR) is 125 cm³/mol. The molecule has 1 heterocycles. The van der Waals surface area contributed by atoms with Crippen LogP contribution < -0.4 is 10.7 Å². The van der Waals surface area contributed by atoms with E-state index in [1.807, 2.05) is 36.4 Å². The molecular formula is C25H28N4O2. The van der Waals surface area contributed by atoms with Crippen molar-refractivity contribution in [3.63, 3.8) is 0 Å². The molecule has 0 radical (unpaired) electrons. The summed E-state index contributed by atoms with van der Waals surface area (Å²) in [6, 6.07) is 20.0. The molecule has 0 aromatic heterocycles. The molecule has 6 nitrogen and oxygen atoms in total. The zero-order valence-corrected chi connectivity index (χ0v) is 17.6. The van der Waals surface area contributed by atoms with Crippen LogP contribution in [-0.4, -0.2) is 49.9 Å². The highest BCUT2D eigenvalue weighted by molar-refractivity contribution is 5.86. The number of rotatable bonds is 7. The number of benzene rings is 2. The molecule has 4 rings (SSSR count). The molecular weight excluding hydrogens is 388 g/mol. The number of carbonyl (C=O) groups is 1. The van der Waals surface area contributed by atoms with Gasteiger partial charge in [-0.15, -0.1) is 0 Å². The standard InChI is InChI=1S/C25H28N4O2/c30-24(19-26-23-9-5-2-6-10-23)28-27-18-22-12-11-21(17-20-7-3-1-4-8-20)25(22)29-13-15-31-16-14-29/h1-10,17-18,26H,11-16,19H2,(H,28,30)/b21-17?,27-18-. The minimum atomic E-state index is -0.174. The Labute approximate surface area is 183 Å². The smallest absolute Gasteiger partial charge is 0.259 e. The summed E-state index contributed by atoms with van der Waals surface area (Å²) < 4.78 is 5.54. The number of ether oxygens (including phenoxy) is 1. The quantitative estimate of drug-likeness (QED) is 0.534. The van der Waals surface area contributed by atoms with Crippen molar-refractivity contribution in [2.24, 2.45) is 5.10 Å². The number of nitrogens with one attached hydrogen (secondary N) is 2. The molecule has 1 amide bonds. The summed E-state index contributed by atoms with van der Waals surface area (Å²) in [6.07, 6.45) is 5.94. The molecule has 0 bridgehead atoms. The number of allylic oxidation sites excluding steroid dienone is 2. The molecule has 1 fully saturated rings. The largest absolute Gasteiger partial charge is 0.378 e. The third kappa shape index (κ3) is 5.83. The van der Waals surface area contributed by atoms with Gasteiger partial charge in [0.1, 0.15) is 0 Å². The number of hydrogen-bond acceptors (Lipinski definition) is 5. The molecule has 2 aromatic rings. The first-order chi connectivity index (χ1) is 15.3. The van der Waals surface area contributed by atoms with Crippen LogP contribution in [0.3, 0.4) is 0 Å². The van der Waals surface area contributed by atoms with Gasteiger partial charge in [-0.1, -0.05) is 48.5 Å². The number of para-hydroxylation sites is 1. The van der Waals surface area contributed by atoms with Gasteiger partial charge in [-0.25, -0.2) is 5.43 Å². The SMILES string of the molecule is O=C(CNc1ccccc1)N/N=C\C1=C(N2CCOCC2)C(=Cc2ccccc2)CC1. The highest BCUT2D eigenvalue weighted by atomic mass is 16.5. The van der Waals surface area contributed by atoms with E-state index in [0.717, 1.165) is 50.4 Å². The van der Waals surface area contributed by atoms with Gasteiger partial charge < -0.3 is 15.0 Å². The van der Waals surface area contributed by atoms with E-state index in [0.29, 0.717) is 0 Å². The molecule has 0 saturated carbocycles. The summed E-state index contributed by atoms with van der Waals surface area (Å²) in [5, 5.41) is 7.33. The second kappa shape index (κ2) is 10.6. The molecule has 1 saturated heterocycles. The van der Waals surface area contributed by atoms with Gasteiger partial charge >= 0.3 is 0 Å². The van der Waals surface area contributed by atoms with E-state index in [1.165, 1.54) is 16.8 Å². The van der Waals surface area contributed by atoms with Gasteiger partial charge in [0, 0.05) is 24.5 Å². The molecule has 6 heteroatoms. The number of hydrogen-bond donors (Lipinski definition) is 2. The van der Waals surface area contributed by atoms with Crippen LogP contribution in [0.25, 0.3) is 6.08 Å². The summed E-state index contributed by atoms with van der Waals surface area (Å²) in [7, 11) is 0. The molecule has 160 valence electrons.